The third kappa shape index (κ3) is 2.87. The van der Waals surface area contributed by atoms with E-state index in [0.29, 0.717) is 11.3 Å². The molecule has 3 saturated carbocycles. The Kier molecular flexibility index (Phi) is 4.23. The van der Waals surface area contributed by atoms with E-state index in [2.05, 4.69) is 5.32 Å². The molecule has 3 aliphatic carbocycles. The highest BCUT2D eigenvalue weighted by Gasteiger charge is 2.73. The summed E-state index contributed by atoms with van der Waals surface area (Å²) in [6.07, 6.45) is -2.27. The summed E-state index contributed by atoms with van der Waals surface area (Å²) in [5.41, 5.74) is 5.12. The molecule has 3 aliphatic rings. The number of carbonyl (C=O) groups excluding carboxylic acids is 1. The Hall–Kier alpha value is -1.80. The molecular weight excluding hydrogens is 337 g/mol. The Bertz CT molecular complexity index is 670. The molecule has 0 heterocycles. The lowest BCUT2D eigenvalue weighted by Gasteiger charge is -2.71. The van der Waals surface area contributed by atoms with Gasteiger partial charge in [0.1, 0.15) is 6.04 Å². The number of rotatable bonds is 6. The molecule has 0 radical (unpaired) electrons. The molecular formula is C17H21F3N2O3. The second kappa shape index (κ2) is 5.88. The summed E-state index contributed by atoms with van der Waals surface area (Å²) >= 11 is 0. The lowest BCUT2D eigenvalue weighted by molar-refractivity contribution is -0.279. The molecule has 3 fully saturated rings. The number of nitrogens with two attached hydrogens (primary N) is 1. The molecule has 4 rings (SSSR count). The van der Waals surface area contributed by atoms with Crippen LogP contribution in [0, 0.1) is 5.41 Å². The molecule has 3 N–H and O–H groups in total. The first kappa shape index (κ1) is 18.0. The third-order valence-corrected chi connectivity index (χ3v) is 5.46. The van der Waals surface area contributed by atoms with Crippen molar-refractivity contribution >= 4 is 11.7 Å². The molecule has 0 aromatic heterocycles. The number of benzene rings is 1. The maximum absolute atomic E-state index is 12.9. The van der Waals surface area contributed by atoms with E-state index in [1.165, 1.54) is 13.2 Å². The molecule has 0 aliphatic heterocycles. The first-order valence-corrected chi connectivity index (χ1v) is 7.98. The van der Waals surface area contributed by atoms with Crippen molar-refractivity contribution in [3.8, 4) is 0 Å². The van der Waals surface area contributed by atoms with Crippen LogP contribution in [0.5, 0.6) is 0 Å². The average molecular weight is 358 g/mol. The van der Waals surface area contributed by atoms with Crippen LogP contribution in [0.25, 0.3) is 0 Å². The summed E-state index contributed by atoms with van der Waals surface area (Å²) in [5.74, 6) is -0.438. The lowest BCUT2D eigenvalue weighted by atomic mass is 9.38. The highest BCUT2D eigenvalue weighted by molar-refractivity contribution is 5.82. The van der Waals surface area contributed by atoms with Gasteiger partial charge in [-0.05, 0) is 43.0 Å². The molecule has 1 aromatic rings. The number of hydrogen-bond acceptors (Lipinski definition) is 5. The van der Waals surface area contributed by atoms with Crippen LogP contribution in [-0.2, 0) is 27.0 Å². The van der Waals surface area contributed by atoms with Gasteiger partial charge in [-0.2, -0.15) is 13.2 Å². The maximum atomic E-state index is 12.9. The number of hydrogen-bond donors (Lipinski definition) is 2. The minimum absolute atomic E-state index is 0.0743. The highest BCUT2D eigenvalue weighted by atomic mass is 19.4. The second-order valence-electron chi connectivity index (χ2n) is 6.95. The van der Waals surface area contributed by atoms with Crippen molar-refractivity contribution in [1.29, 1.82) is 0 Å². The molecule has 25 heavy (non-hydrogen) atoms. The quantitative estimate of drug-likeness (QED) is 0.765. The molecule has 1 aromatic carbocycles. The van der Waals surface area contributed by atoms with Gasteiger partial charge in [0.25, 0.3) is 0 Å². The van der Waals surface area contributed by atoms with Gasteiger partial charge in [0, 0.05) is 24.8 Å². The Balaban J connectivity index is 1.84. The van der Waals surface area contributed by atoms with E-state index in [-0.39, 0.29) is 17.6 Å². The van der Waals surface area contributed by atoms with Crippen LogP contribution < -0.4 is 11.1 Å². The van der Waals surface area contributed by atoms with Crippen LogP contribution in [0.1, 0.15) is 30.4 Å². The molecule has 0 saturated heterocycles. The largest absolute Gasteiger partial charge is 0.467 e. The van der Waals surface area contributed by atoms with Crippen molar-refractivity contribution in [3.05, 3.63) is 29.3 Å². The maximum Gasteiger partial charge on any atom is 0.416 e. The second-order valence-corrected chi connectivity index (χ2v) is 6.95. The van der Waals surface area contributed by atoms with Crippen molar-refractivity contribution in [2.45, 2.75) is 43.6 Å². The number of esters is 1. The van der Waals surface area contributed by atoms with Crippen LogP contribution in [0.15, 0.2) is 18.2 Å². The zero-order valence-corrected chi connectivity index (χ0v) is 14.1. The van der Waals surface area contributed by atoms with E-state index in [1.54, 1.807) is 7.11 Å². The van der Waals surface area contributed by atoms with Gasteiger partial charge in [0.05, 0.1) is 18.3 Å². The number of carbonyl (C=O) groups is 1. The van der Waals surface area contributed by atoms with Crippen LogP contribution in [0.2, 0.25) is 0 Å². The molecule has 1 unspecified atom stereocenters. The predicted octanol–water partition coefficient (Wildman–Crippen LogP) is 2.69. The normalized spacial score (nSPS) is 28.6. The fourth-order valence-electron chi connectivity index (χ4n) is 4.11. The zero-order valence-electron chi connectivity index (χ0n) is 14.1. The smallest absolute Gasteiger partial charge is 0.416 e. The molecule has 0 amide bonds. The Morgan fingerprint density at radius 2 is 1.96 bits per heavy atom. The summed E-state index contributed by atoms with van der Waals surface area (Å²) in [7, 11) is 2.94. The average Bonchev–Trinajstić information content (AvgIpc) is 2.50. The lowest BCUT2D eigenvalue weighted by Crippen LogP contribution is -2.74. The molecule has 8 heteroatoms. The SMILES string of the molecule is COC(=O)C(Nc1ccc(C(F)(F)F)cc1CN)C12CC(OC)(C1)C2. The molecule has 5 nitrogen and oxygen atoms in total. The van der Waals surface area contributed by atoms with E-state index >= 15 is 0 Å². The summed E-state index contributed by atoms with van der Waals surface area (Å²) in [6, 6.07) is 2.67. The number of ether oxygens (including phenoxy) is 2. The van der Waals surface area contributed by atoms with Gasteiger partial charge in [0.2, 0.25) is 0 Å². The minimum Gasteiger partial charge on any atom is -0.467 e. The van der Waals surface area contributed by atoms with Gasteiger partial charge in [-0.1, -0.05) is 0 Å². The van der Waals surface area contributed by atoms with Crippen LogP contribution >= 0.6 is 0 Å². The Labute approximate surface area is 143 Å². The van der Waals surface area contributed by atoms with Crippen molar-refractivity contribution < 1.29 is 27.4 Å². The van der Waals surface area contributed by atoms with Gasteiger partial charge >= 0.3 is 12.1 Å². The summed E-state index contributed by atoms with van der Waals surface area (Å²) in [5, 5.41) is 3.07. The Morgan fingerprint density at radius 1 is 1.32 bits per heavy atom. The van der Waals surface area contributed by atoms with Crippen molar-refractivity contribution in [1.82, 2.24) is 0 Å². The summed E-state index contributed by atoms with van der Waals surface area (Å²) in [6.45, 7) is -0.0743. The van der Waals surface area contributed by atoms with Gasteiger partial charge in [-0.15, -0.1) is 0 Å². The number of nitrogens with one attached hydrogen (secondary N) is 1. The first-order chi connectivity index (χ1) is 11.7. The van der Waals surface area contributed by atoms with Crippen molar-refractivity contribution in [2.75, 3.05) is 19.5 Å². The van der Waals surface area contributed by atoms with Crippen molar-refractivity contribution in [2.24, 2.45) is 11.1 Å². The number of methoxy groups -OCH3 is 2. The van der Waals surface area contributed by atoms with Gasteiger partial charge in [-0.3, -0.25) is 0 Å². The van der Waals surface area contributed by atoms with Crippen LogP contribution in [0.4, 0.5) is 18.9 Å². The molecule has 138 valence electrons. The first-order valence-electron chi connectivity index (χ1n) is 7.98. The number of halogens is 3. The zero-order chi connectivity index (χ0) is 18.5. The predicted molar refractivity (Wildman–Crippen MR) is 84.8 cm³/mol. The van der Waals surface area contributed by atoms with Crippen LogP contribution in [-0.4, -0.2) is 31.8 Å². The standard InChI is InChI=1S/C17H21F3N2O3/c1-24-14(23)13(15-7-16(8-15,9-15)25-2)22-12-4-3-11(17(18,19)20)5-10(12)6-21/h3-5,13,22H,6-9,21H2,1-2H3. The monoisotopic (exact) mass is 358 g/mol. The van der Waals surface area contributed by atoms with E-state index in [1.807, 2.05) is 0 Å². The summed E-state index contributed by atoms with van der Waals surface area (Å²) in [4.78, 5) is 12.3. The van der Waals surface area contributed by atoms with E-state index in [4.69, 9.17) is 15.2 Å². The molecule has 1 atom stereocenters. The van der Waals surface area contributed by atoms with Crippen LogP contribution in [0.3, 0.4) is 0 Å². The topological polar surface area (TPSA) is 73.6 Å². The summed E-state index contributed by atoms with van der Waals surface area (Å²) < 4.78 is 49.0. The Morgan fingerprint density at radius 3 is 2.44 bits per heavy atom. The van der Waals surface area contributed by atoms with Gasteiger partial charge < -0.3 is 20.5 Å². The third-order valence-electron chi connectivity index (χ3n) is 5.46. The van der Waals surface area contributed by atoms with Crippen molar-refractivity contribution in [3.63, 3.8) is 0 Å². The number of anilines is 1. The fraction of sp³-hybridized carbons (Fsp3) is 0.588. The van der Waals surface area contributed by atoms with E-state index in [9.17, 15) is 18.0 Å². The highest BCUT2D eigenvalue weighted by Crippen LogP contribution is 2.70. The van der Waals surface area contributed by atoms with E-state index in [0.717, 1.165) is 31.4 Å². The van der Waals surface area contributed by atoms with E-state index < -0.39 is 23.8 Å². The molecule has 0 spiro atoms. The minimum atomic E-state index is -4.44. The molecule has 2 bridgehead atoms. The fourth-order valence-corrected chi connectivity index (χ4v) is 4.11. The van der Waals surface area contributed by atoms with Gasteiger partial charge in [-0.25, -0.2) is 4.79 Å². The number of alkyl halides is 3. The van der Waals surface area contributed by atoms with Gasteiger partial charge in [0.15, 0.2) is 0 Å².